The summed E-state index contributed by atoms with van der Waals surface area (Å²) in [5.41, 5.74) is 2.33. The van der Waals surface area contributed by atoms with Crippen molar-refractivity contribution in [1.29, 1.82) is 0 Å². The number of benzene rings is 2. The second kappa shape index (κ2) is 8.96. The Morgan fingerprint density at radius 3 is 2.48 bits per heavy atom. The highest BCUT2D eigenvalue weighted by molar-refractivity contribution is 5.77. The molecule has 0 aliphatic heterocycles. The van der Waals surface area contributed by atoms with Crippen LogP contribution in [-0.4, -0.2) is 37.6 Å². The van der Waals surface area contributed by atoms with Crippen LogP contribution in [0.1, 0.15) is 11.1 Å². The van der Waals surface area contributed by atoms with E-state index >= 15 is 0 Å². The van der Waals surface area contributed by atoms with Crippen molar-refractivity contribution >= 4 is 5.91 Å². The van der Waals surface area contributed by atoms with Crippen LogP contribution in [0.4, 0.5) is 0 Å². The second-order valence-corrected chi connectivity index (χ2v) is 5.66. The molecule has 1 amide bonds. The van der Waals surface area contributed by atoms with Crippen LogP contribution in [0.15, 0.2) is 54.6 Å². The normalized spacial score (nSPS) is 10.6. The smallest absolute Gasteiger partial charge is 0.234 e. The quantitative estimate of drug-likeness (QED) is 0.815. The minimum atomic E-state index is 0.0211. The van der Waals surface area contributed by atoms with Crippen LogP contribution in [0, 0.1) is 6.92 Å². The summed E-state index contributed by atoms with van der Waals surface area (Å²) in [7, 11) is 1.92. The summed E-state index contributed by atoms with van der Waals surface area (Å²) in [5, 5.41) is 2.94. The zero-order valence-electron chi connectivity index (χ0n) is 13.8. The van der Waals surface area contributed by atoms with Gasteiger partial charge in [0.15, 0.2) is 0 Å². The number of nitrogens with zero attached hydrogens (tertiary/aromatic N) is 1. The Labute approximate surface area is 138 Å². The number of aryl methyl sites for hydroxylation is 1. The number of para-hydroxylation sites is 1. The van der Waals surface area contributed by atoms with E-state index in [1.54, 1.807) is 0 Å². The Bertz CT molecular complexity index is 597. The van der Waals surface area contributed by atoms with Gasteiger partial charge in [-0.25, -0.2) is 0 Å². The number of hydrogen-bond acceptors (Lipinski definition) is 3. The summed E-state index contributed by atoms with van der Waals surface area (Å²) >= 11 is 0. The zero-order chi connectivity index (χ0) is 16.5. The van der Waals surface area contributed by atoms with Crippen LogP contribution in [0.2, 0.25) is 0 Å². The van der Waals surface area contributed by atoms with E-state index < -0.39 is 0 Å². The van der Waals surface area contributed by atoms with Crippen molar-refractivity contribution in [3.05, 3.63) is 65.7 Å². The standard InChI is InChI=1S/C19H24N2O2/c1-16-8-10-17(11-9-16)14-20-19(22)15-21(2)12-13-23-18-6-4-3-5-7-18/h3-11H,12-15H2,1-2H3,(H,20,22). The van der Waals surface area contributed by atoms with Gasteiger partial charge in [0.25, 0.3) is 0 Å². The van der Waals surface area contributed by atoms with Gasteiger partial charge in [0.05, 0.1) is 6.54 Å². The Morgan fingerprint density at radius 1 is 1.09 bits per heavy atom. The van der Waals surface area contributed by atoms with Gasteiger partial charge in [-0.3, -0.25) is 9.69 Å². The van der Waals surface area contributed by atoms with Crippen LogP contribution >= 0.6 is 0 Å². The average molecular weight is 312 g/mol. The fourth-order valence-electron chi connectivity index (χ4n) is 2.12. The predicted octanol–water partition coefficient (Wildman–Crippen LogP) is 2.62. The predicted molar refractivity (Wildman–Crippen MR) is 92.5 cm³/mol. The van der Waals surface area contributed by atoms with E-state index in [1.165, 1.54) is 5.56 Å². The molecule has 0 radical (unpaired) electrons. The van der Waals surface area contributed by atoms with Crippen LogP contribution in [0.5, 0.6) is 5.75 Å². The molecule has 122 valence electrons. The Hall–Kier alpha value is -2.33. The highest BCUT2D eigenvalue weighted by Crippen LogP contribution is 2.07. The third kappa shape index (κ3) is 6.53. The molecule has 0 heterocycles. The highest BCUT2D eigenvalue weighted by Gasteiger charge is 2.06. The van der Waals surface area contributed by atoms with Crippen molar-refractivity contribution < 1.29 is 9.53 Å². The van der Waals surface area contributed by atoms with Gasteiger partial charge in [-0.15, -0.1) is 0 Å². The van der Waals surface area contributed by atoms with E-state index in [1.807, 2.05) is 54.4 Å². The number of carbonyl (C=O) groups is 1. The van der Waals surface area contributed by atoms with Gasteiger partial charge in [0.2, 0.25) is 5.91 Å². The summed E-state index contributed by atoms with van der Waals surface area (Å²) in [6.45, 7) is 4.24. The first-order valence-corrected chi connectivity index (χ1v) is 7.82. The molecule has 4 heteroatoms. The average Bonchev–Trinajstić information content (AvgIpc) is 2.55. The molecule has 0 unspecified atom stereocenters. The van der Waals surface area contributed by atoms with E-state index in [0.29, 0.717) is 26.2 Å². The van der Waals surface area contributed by atoms with Gasteiger partial charge in [-0.2, -0.15) is 0 Å². The van der Waals surface area contributed by atoms with Gasteiger partial charge in [0, 0.05) is 13.1 Å². The molecule has 0 aromatic heterocycles. The minimum Gasteiger partial charge on any atom is -0.492 e. The van der Waals surface area contributed by atoms with E-state index in [2.05, 4.69) is 24.4 Å². The first-order valence-electron chi connectivity index (χ1n) is 7.82. The molecule has 2 aromatic rings. The van der Waals surface area contributed by atoms with Gasteiger partial charge in [-0.1, -0.05) is 48.0 Å². The van der Waals surface area contributed by atoms with E-state index in [9.17, 15) is 4.79 Å². The first-order chi connectivity index (χ1) is 11.1. The molecule has 0 atom stereocenters. The molecule has 0 spiro atoms. The monoisotopic (exact) mass is 312 g/mol. The molecular formula is C19H24N2O2. The molecule has 0 aliphatic rings. The summed E-state index contributed by atoms with van der Waals surface area (Å²) in [4.78, 5) is 13.9. The summed E-state index contributed by atoms with van der Waals surface area (Å²) in [5.74, 6) is 0.873. The van der Waals surface area contributed by atoms with E-state index in [-0.39, 0.29) is 5.91 Å². The molecule has 0 fully saturated rings. The lowest BCUT2D eigenvalue weighted by atomic mass is 10.1. The van der Waals surface area contributed by atoms with Crippen LogP contribution in [-0.2, 0) is 11.3 Å². The zero-order valence-corrected chi connectivity index (χ0v) is 13.8. The van der Waals surface area contributed by atoms with Crippen molar-refractivity contribution in [1.82, 2.24) is 10.2 Å². The number of nitrogens with one attached hydrogen (secondary N) is 1. The number of hydrogen-bond donors (Lipinski definition) is 1. The summed E-state index contributed by atoms with van der Waals surface area (Å²) < 4.78 is 5.63. The highest BCUT2D eigenvalue weighted by atomic mass is 16.5. The number of rotatable bonds is 8. The maximum atomic E-state index is 11.9. The molecule has 0 bridgehead atoms. The lowest BCUT2D eigenvalue weighted by Gasteiger charge is -2.16. The molecular weight excluding hydrogens is 288 g/mol. The van der Waals surface area contributed by atoms with E-state index in [0.717, 1.165) is 11.3 Å². The van der Waals surface area contributed by atoms with Crippen molar-refractivity contribution in [2.45, 2.75) is 13.5 Å². The van der Waals surface area contributed by atoms with Gasteiger partial charge < -0.3 is 10.1 Å². The maximum absolute atomic E-state index is 11.9. The van der Waals surface area contributed by atoms with Crippen LogP contribution < -0.4 is 10.1 Å². The number of amides is 1. The molecule has 0 saturated heterocycles. The molecule has 23 heavy (non-hydrogen) atoms. The second-order valence-electron chi connectivity index (χ2n) is 5.66. The van der Waals surface area contributed by atoms with Gasteiger partial charge >= 0.3 is 0 Å². The topological polar surface area (TPSA) is 41.6 Å². The number of likely N-dealkylation sites (N-methyl/N-ethyl adjacent to an activating group) is 1. The fraction of sp³-hybridized carbons (Fsp3) is 0.316. The largest absolute Gasteiger partial charge is 0.492 e. The number of ether oxygens (including phenoxy) is 1. The molecule has 2 aromatic carbocycles. The Morgan fingerprint density at radius 2 is 1.78 bits per heavy atom. The Balaban J connectivity index is 1.63. The maximum Gasteiger partial charge on any atom is 0.234 e. The van der Waals surface area contributed by atoms with Crippen molar-refractivity contribution in [3.63, 3.8) is 0 Å². The van der Waals surface area contributed by atoms with Crippen LogP contribution in [0.25, 0.3) is 0 Å². The van der Waals surface area contributed by atoms with Gasteiger partial charge in [-0.05, 0) is 31.7 Å². The summed E-state index contributed by atoms with van der Waals surface area (Å²) in [6.07, 6.45) is 0. The SMILES string of the molecule is Cc1ccc(CNC(=O)CN(C)CCOc2ccccc2)cc1. The summed E-state index contributed by atoms with van der Waals surface area (Å²) in [6, 6.07) is 17.9. The van der Waals surface area contributed by atoms with Crippen molar-refractivity contribution in [3.8, 4) is 5.75 Å². The van der Waals surface area contributed by atoms with Crippen molar-refractivity contribution in [2.24, 2.45) is 0 Å². The first kappa shape index (κ1) is 17.0. The number of carbonyl (C=O) groups excluding carboxylic acids is 1. The fourth-order valence-corrected chi connectivity index (χ4v) is 2.12. The minimum absolute atomic E-state index is 0.0211. The lowest BCUT2D eigenvalue weighted by molar-refractivity contribution is -0.122. The third-order valence-electron chi connectivity index (χ3n) is 3.51. The molecule has 0 aliphatic carbocycles. The van der Waals surface area contributed by atoms with E-state index in [4.69, 9.17) is 4.74 Å². The molecule has 0 saturated carbocycles. The lowest BCUT2D eigenvalue weighted by Crippen LogP contribution is -2.36. The van der Waals surface area contributed by atoms with Crippen molar-refractivity contribution in [2.75, 3.05) is 26.7 Å². The molecule has 1 N–H and O–H groups in total. The van der Waals surface area contributed by atoms with Crippen LogP contribution in [0.3, 0.4) is 0 Å². The molecule has 2 rings (SSSR count). The molecule has 4 nitrogen and oxygen atoms in total. The van der Waals surface area contributed by atoms with Gasteiger partial charge in [0.1, 0.15) is 12.4 Å². The Kier molecular flexibility index (Phi) is 6.63. The third-order valence-corrected chi connectivity index (χ3v) is 3.51.